The van der Waals surface area contributed by atoms with E-state index in [1.807, 2.05) is 12.3 Å². The second-order valence-electron chi connectivity index (χ2n) is 5.07. The van der Waals surface area contributed by atoms with Crippen molar-refractivity contribution in [2.75, 3.05) is 0 Å². The van der Waals surface area contributed by atoms with Crippen molar-refractivity contribution in [3.63, 3.8) is 0 Å². The molecule has 0 saturated heterocycles. The molecule has 2 nitrogen and oxygen atoms in total. The molecule has 0 aliphatic heterocycles. The fraction of sp³-hybridized carbons (Fsp3) is 0.400. The van der Waals surface area contributed by atoms with Crippen molar-refractivity contribution < 1.29 is 0 Å². The summed E-state index contributed by atoms with van der Waals surface area (Å²) in [5, 5.41) is 1.25. The van der Waals surface area contributed by atoms with Gasteiger partial charge in [0, 0.05) is 17.6 Å². The summed E-state index contributed by atoms with van der Waals surface area (Å²) < 4.78 is 0. The van der Waals surface area contributed by atoms with Crippen molar-refractivity contribution in [1.82, 2.24) is 4.98 Å². The Morgan fingerprint density at radius 2 is 1.82 bits per heavy atom. The molecule has 1 saturated carbocycles. The summed E-state index contributed by atoms with van der Waals surface area (Å²) in [6.45, 7) is 0. The van der Waals surface area contributed by atoms with Crippen molar-refractivity contribution in [2.24, 2.45) is 5.73 Å². The molecule has 1 heterocycles. The van der Waals surface area contributed by atoms with Gasteiger partial charge in [-0.15, -0.1) is 0 Å². The van der Waals surface area contributed by atoms with Gasteiger partial charge in [0.1, 0.15) is 0 Å². The zero-order valence-corrected chi connectivity index (χ0v) is 9.97. The van der Waals surface area contributed by atoms with E-state index >= 15 is 0 Å². The maximum atomic E-state index is 5.95. The highest BCUT2D eigenvalue weighted by Crippen LogP contribution is 2.32. The van der Waals surface area contributed by atoms with Crippen LogP contribution in [0.3, 0.4) is 0 Å². The number of benzene rings is 1. The van der Waals surface area contributed by atoms with E-state index in [4.69, 9.17) is 5.73 Å². The molecule has 0 bridgehead atoms. The van der Waals surface area contributed by atoms with Crippen LogP contribution in [0.2, 0.25) is 0 Å². The average Bonchev–Trinajstić information content (AvgIpc) is 2.39. The molecule has 0 spiro atoms. The fourth-order valence-corrected chi connectivity index (χ4v) is 2.76. The van der Waals surface area contributed by atoms with Gasteiger partial charge in [-0.3, -0.25) is 4.98 Å². The van der Waals surface area contributed by atoms with Gasteiger partial charge in [-0.05, 0) is 49.3 Å². The zero-order chi connectivity index (χ0) is 11.7. The predicted octanol–water partition coefficient (Wildman–Crippen LogP) is 3.22. The number of rotatable bonds is 1. The monoisotopic (exact) mass is 226 g/mol. The minimum Gasteiger partial charge on any atom is -0.328 e. The number of hydrogen-bond donors (Lipinski definition) is 1. The van der Waals surface area contributed by atoms with Gasteiger partial charge in [-0.25, -0.2) is 0 Å². The van der Waals surface area contributed by atoms with Crippen LogP contribution in [-0.2, 0) is 0 Å². The summed E-state index contributed by atoms with van der Waals surface area (Å²) in [6.07, 6.45) is 6.77. The number of fused-ring (bicyclic) bond motifs is 1. The first-order chi connectivity index (χ1) is 8.33. The van der Waals surface area contributed by atoms with Crippen molar-refractivity contribution in [3.05, 3.63) is 42.1 Å². The smallest absolute Gasteiger partial charge is 0.0702 e. The van der Waals surface area contributed by atoms with Gasteiger partial charge in [0.05, 0.1) is 5.52 Å². The Morgan fingerprint density at radius 1 is 1.06 bits per heavy atom. The third kappa shape index (κ3) is 2.18. The van der Waals surface area contributed by atoms with E-state index in [1.165, 1.54) is 23.8 Å². The standard InChI is InChI=1S/C15H18N2/c16-14-7-5-11(6-8-14)13-9-12-3-1-2-4-15(12)17-10-13/h1-4,9-11,14H,5-8,16H2. The molecule has 1 fully saturated rings. The van der Waals surface area contributed by atoms with Crippen molar-refractivity contribution in [1.29, 1.82) is 0 Å². The second kappa shape index (κ2) is 4.46. The minimum atomic E-state index is 0.416. The summed E-state index contributed by atoms with van der Waals surface area (Å²) in [5.41, 5.74) is 8.42. The molecule has 2 heteroatoms. The van der Waals surface area contributed by atoms with Crippen LogP contribution in [0.1, 0.15) is 37.2 Å². The lowest BCUT2D eigenvalue weighted by molar-refractivity contribution is 0.395. The summed E-state index contributed by atoms with van der Waals surface area (Å²) in [4.78, 5) is 4.54. The topological polar surface area (TPSA) is 38.9 Å². The number of nitrogens with zero attached hydrogens (tertiary/aromatic N) is 1. The van der Waals surface area contributed by atoms with Crippen LogP contribution < -0.4 is 5.73 Å². The predicted molar refractivity (Wildman–Crippen MR) is 70.9 cm³/mol. The van der Waals surface area contributed by atoms with Crippen LogP contribution in [0, 0.1) is 0 Å². The van der Waals surface area contributed by atoms with Gasteiger partial charge in [-0.1, -0.05) is 18.2 Å². The van der Waals surface area contributed by atoms with Crippen molar-refractivity contribution >= 4 is 10.9 Å². The molecule has 0 atom stereocenters. The highest BCUT2D eigenvalue weighted by Gasteiger charge is 2.20. The number of para-hydroxylation sites is 1. The lowest BCUT2D eigenvalue weighted by Crippen LogP contribution is -2.25. The third-order valence-electron chi connectivity index (χ3n) is 3.85. The first-order valence-corrected chi connectivity index (χ1v) is 6.43. The van der Waals surface area contributed by atoms with E-state index in [-0.39, 0.29) is 0 Å². The van der Waals surface area contributed by atoms with Crippen LogP contribution in [0.15, 0.2) is 36.5 Å². The van der Waals surface area contributed by atoms with E-state index in [0.717, 1.165) is 18.4 Å². The summed E-state index contributed by atoms with van der Waals surface area (Å²) in [6, 6.07) is 11.0. The molecule has 1 aliphatic carbocycles. The lowest BCUT2D eigenvalue weighted by atomic mass is 9.82. The first-order valence-electron chi connectivity index (χ1n) is 6.43. The molecule has 1 aromatic carbocycles. The Hall–Kier alpha value is -1.41. The molecular formula is C15H18N2. The van der Waals surface area contributed by atoms with Crippen molar-refractivity contribution in [3.8, 4) is 0 Å². The van der Waals surface area contributed by atoms with Gasteiger partial charge in [0.2, 0.25) is 0 Å². The second-order valence-corrected chi connectivity index (χ2v) is 5.07. The molecular weight excluding hydrogens is 208 g/mol. The SMILES string of the molecule is NC1CCC(c2cnc3ccccc3c2)CC1. The Labute approximate surface area is 102 Å². The molecule has 3 rings (SSSR count). The third-order valence-corrected chi connectivity index (χ3v) is 3.85. The van der Waals surface area contributed by atoms with Crippen LogP contribution in [0.4, 0.5) is 0 Å². The number of hydrogen-bond acceptors (Lipinski definition) is 2. The normalized spacial score (nSPS) is 25.0. The van der Waals surface area contributed by atoms with E-state index in [1.54, 1.807) is 0 Å². The highest BCUT2D eigenvalue weighted by atomic mass is 14.7. The first kappa shape index (κ1) is 10.7. The van der Waals surface area contributed by atoms with Gasteiger partial charge in [-0.2, -0.15) is 0 Å². The molecule has 2 N–H and O–H groups in total. The number of pyridine rings is 1. The minimum absolute atomic E-state index is 0.416. The van der Waals surface area contributed by atoms with Crippen LogP contribution >= 0.6 is 0 Å². The maximum absolute atomic E-state index is 5.95. The van der Waals surface area contributed by atoms with Crippen LogP contribution in [0.25, 0.3) is 10.9 Å². The van der Waals surface area contributed by atoms with Gasteiger partial charge in [0.15, 0.2) is 0 Å². The van der Waals surface area contributed by atoms with Crippen LogP contribution in [0.5, 0.6) is 0 Å². The van der Waals surface area contributed by atoms with E-state index in [2.05, 4.69) is 29.2 Å². The van der Waals surface area contributed by atoms with E-state index < -0.39 is 0 Å². The lowest BCUT2D eigenvalue weighted by Gasteiger charge is -2.26. The number of aromatic nitrogens is 1. The summed E-state index contributed by atoms with van der Waals surface area (Å²) >= 11 is 0. The quantitative estimate of drug-likeness (QED) is 0.811. The maximum Gasteiger partial charge on any atom is 0.0702 e. The van der Waals surface area contributed by atoms with E-state index in [0.29, 0.717) is 12.0 Å². The van der Waals surface area contributed by atoms with Crippen molar-refractivity contribution in [2.45, 2.75) is 37.6 Å². The average molecular weight is 226 g/mol. The van der Waals surface area contributed by atoms with Gasteiger partial charge >= 0.3 is 0 Å². The fourth-order valence-electron chi connectivity index (χ4n) is 2.76. The number of nitrogens with two attached hydrogens (primary N) is 1. The Bertz CT molecular complexity index is 513. The molecule has 2 aromatic rings. The van der Waals surface area contributed by atoms with E-state index in [9.17, 15) is 0 Å². The molecule has 0 unspecified atom stereocenters. The summed E-state index contributed by atoms with van der Waals surface area (Å²) in [5.74, 6) is 0.659. The van der Waals surface area contributed by atoms with Crippen LogP contribution in [-0.4, -0.2) is 11.0 Å². The molecule has 17 heavy (non-hydrogen) atoms. The Kier molecular flexibility index (Phi) is 2.81. The Morgan fingerprint density at radius 3 is 2.65 bits per heavy atom. The largest absolute Gasteiger partial charge is 0.328 e. The molecule has 88 valence electrons. The Balaban J connectivity index is 1.90. The van der Waals surface area contributed by atoms with Gasteiger partial charge < -0.3 is 5.73 Å². The molecule has 0 amide bonds. The highest BCUT2D eigenvalue weighted by molar-refractivity contribution is 5.78. The zero-order valence-electron chi connectivity index (χ0n) is 9.97. The molecule has 0 radical (unpaired) electrons. The van der Waals surface area contributed by atoms with Gasteiger partial charge in [0.25, 0.3) is 0 Å². The molecule has 1 aromatic heterocycles. The molecule has 1 aliphatic rings. The summed E-state index contributed by atoms with van der Waals surface area (Å²) in [7, 11) is 0.